The summed E-state index contributed by atoms with van der Waals surface area (Å²) in [6.45, 7) is 5.23. The summed E-state index contributed by atoms with van der Waals surface area (Å²) in [5.41, 5.74) is 0. The topological polar surface area (TPSA) is 66.5 Å². The maximum atomic E-state index is 12.3. The van der Waals surface area contributed by atoms with Crippen molar-refractivity contribution in [1.82, 2.24) is 9.62 Å². The molecule has 1 aliphatic heterocycles. The molecule has 1 fully saturated rings. The van der Waals surface area contributed by atoms with E-state index in [0.29, 0.717) is 43.3 Å². The fourth-order valence-corrected chi connectivity index (χ4v) is 4.06. The molecule has 23 heavy (non-hydrogen) atoms. The van der Waals surface area contributed by atoms with Crippen molar-refractivity contribution in [3.63, 3.8) is 0 Å². The zero-order valence-corrected chi connectivity index (χ0v) is 15.0. The predicted molar refractivity (Wildman–Crippen MR) is 90.8 cm³/mol. The van der Waals surface area contributed by atoms with Gasteiger partial charge in [0, 0.05) is 30.6 Å². The van der Waals surface area contributed by atoms with Crippen LogP contribution < -0.4 is 4.72 Å². The summed E-state index contributed by atoms with van der Waals surface area (Å²) in [6.07, 6.45) is 1.81. The summed E-state index contributed by atoms with van der Waals surface area (Å²) in [6, 6.07) is 5.96. The fraction of sp³-hybridized carbons (Fsp3) is 0.562. The number of sulfonamides is 1. The Morgan fingerprint density at radius 2 is 1.83 bits per heavy atom. The number of nitrogens with one attached hydrogen (secondary N) is 1. The minimum absolute atomic E-state index is 0.140. The van der Waals surface area contributed by atoms with Gasteiger partial charge in [0.25, 0.3) is 0 Å². The molecule has 1 amide bonds. The first-order chi connectivity index (χ1) is 10.8. The zero-order chi connectivity index (χ0) is 17.0. The third-order valence-electron chi connectivity index (χ3n) is 3.88. The second-order valence-electron chi connectivity index (χ2n) is 6.33. The van der Waals surface area contributed by atoms with E-state index < -0.39 is 10.0 Å². The van der Waals surface area contributed by atoms with Gasteiger partial charge in [-0.3, -0.25) is 4.79 Å². The molecule has 0 bridgehead atoms. The van der Waals surface area contributed by atoms with Crippen LogP contribution in [0.2, 0.25) is 5.02 Å². The second-order valence-corrected chi connectivity index (χ2v) is 8.48. The van der Waals surface area contributed by atoms with Crippen LogP contribution in [0.1, 0.15) is 33.1 Å². The SMILES string of the molecule is CC(C)CC(=O)N1CCC(NS(=O)(=O)c2ccc(Cl)cc2)CC1. The van der Waals surface area contributed by atoms with Gasteiger partial charge in [-0.15, -0.1) is 0 Å². The normalized spacial score (nSPS) is 16.8. The highest BCUT2D eigenvalue weighted by atomic mass is 35.5. The fourth-order valence-electron chi connectivity index (χ4n) is 2.63. The van der Waals surface area contributed by atoms with Crippen molar-refractivity contribution in [3.8, 4) is 0 Å². The number of rotatable bonds is 5. The first-order valence-electron chi connectivity index (χ1n) is 7.83. The zero-order valence-electron chi connectivity index (χ0n) is 13.5. The molecule has 128 valence electrons. The molecule has 1 aromatic rings. The third-order valence-corrected chi connectivity index (χ3v) is 5.66. The Morgan fingerprint density at radius 1 is 1.26 bits per heavy atom. The summed E-state index contributed by atoms with van der Waals surface area (Å²) in [7, 11) is -3.55. The summed E-state index contributed by atoms with van der Waals surface area (Å²) in [4.78, 5) is 14.1. The maximum absolute atomic E-state index is 12.3. The molecule has 1 aromatic carbocycles. The van der Waals surface area contributed by atoms with E-state index in [9.17, 15) is 13.2 Å². The number of nitrogens with zero attached hydrogens (tertiary/aromatic N) is 1. The van der Waals surface area contributed by atoms with Gasteiger partial charge in [-0.25, -0.2) is 13.1 Å². The van der Waals surface area contributed by atoms with E-state index in [4.69, 9.17) is 11.6 Å². The summed E-state index contributed by atoms with van der Waals surface area (Å²) in [5.74, 6) is 0.489. The number of benzene rings is 1. The monoisotopic (exact) mass is 358 g/mol. The lowest BCUT2D eigenvalue weighted by atomic mass is 10.0. The molecule has 0 saturated carbocycles. The van der Waals surface area contributed by atoms with Gasteiger partial charge in [-0.2, -0.15) is 0 Å². The Balaban J connectivity index is 1.91. The van der Waals surface area contributed by atoms with Gasteiger partial charge in [0.2, 0.25) is 15.9 Å². The highest BCUT2D eigenvalue weighted by Gasteiger charge is 2.26. The molecule has 0 atom stereocenters. The predicted octanol–water partition coefficient (Wildman–Crippen LogP) is 2.66. The Morgan fingerprint density at radius 3 is 2.35 bits per heavy atom. The van der Waals surface area contributed by atoms with Crippen LogP contribution >= 0.6 is 11.6 Å². The smallest absolute Gasteiger partial charge is 0.240 e. The van der Waals surface area contributed by atoms with Crippen LogP contribution in [-0.2, 0) is 14.8 Å². The first kappa shape index (κ1) is 18.2. The molecule has 1 saturated heterocycles. The van der Waals surface area contributed by atoms with Gasteiger partial charge in [0.05, 0.1) is 4.90 Å². The number of carbonyl (C=O) groups is 1. The molecular formula is C16H23ClN2O3S. The molecule has 5 nitrogen and oxygen atoms in total. The highest BCUT2D eigenvalue weighted by Crippen LogP contribution is 2.18. The van der Waals surface area contributed by atoms with Gasteiger partial charge in [0.15, 0.2) is 0 Å². The van der Waals surface area contributed by atoms with Crippen LogP contribution in [0.3, 0.4) is 0 Å². The van der Waals surface area contributed by atoms with Gasteiger partial charge >= 0.3 is 0 Å². The lowest BCUT2D eigenvalue weighted by molar-refractivity contribution is -0.133. The van der Waals surface area contributed by atoms with Crippen LogP contribution in [-0.4, -0.2) is 38.4 Å². The number of carbonyl (C=O) groups excluding carboxylic acids is 1. The molecule has 0 aromatic heterocycles. The lowest BCUT2D eigenvalue weighted by Crippen LogP contribution is -2.46. The van der Waals surface area contributed by atoms with E-state index in [0.717, 1.165) is 0 Å². The largest absolute Gasteiger partial charge is 0.343 e. The molecule has 1 aliphatic rings. The minimum Gasteiger partial charge on any atom is -0.343 e. The van der Waals surface area contributed by atoms with Crippen molar-refractivity contribution >= 4 is 27.5 Å². The van der Waals surface area contributed by atoms with Crippen LogP contribution in [0, 0.1) is 5.92 Å². The van der Waals surface area contributed by atoms with E-state index in [1.807, 2.05) is 18.7 Å². The Bertz CT molecular complexity index is 636. The van der Waals surface area contributed by atoms with E-state index in [2.05, 4.69) is 4.72 Å². The third kappa shape index (κ3) is 5.19. The van der Waals surface area contributed by atoms with Crippen molar-refractivity contribution < 1.29 is 13.2 Å². The lowest BCUT2D eigenvalue weighted by Gasteiger charge is -2.32. The molecule has 0 radical (unpaired) electrons. The number of halogens is 1. The molecule has 7 heteroatoms. The molecule has 0 unspecified atom stereocenters. The average Bonchev–Trinajstić information content (AvgIpc) is 2.47. The first-order valence-corrected chi connectivity index (χ1v) is 9.69. The molecule has 0 spiro atoms. The Hall–Kier alpha value is -1.11. The van der Waals surface area contributed by atoms with E-state index >= 15 is 0 Å². The molecule has 0 aliphatic carbocycles. The molecule has 1 N–H and O–H groups in total. The van der Waals surface area contributed by atoms with Gasteiger partial charge < -0.3 is 4.90 Å². The maximum Gasteiger partial charge on any atom is 0.240 e. The number of hydrogen-bond acceptors (Lipinski definition) is 3. The standard InChI is InChI=1S/C16H23ClN2O3S/c1-12(2)11-16(20)19-9-7-14(8-10-19)18-23(21,22)15-5-3-13(17)4-6-15/h3-6,12,14,18H,7-11H2,1-2H3. The van der Waals surface area contributed by atoms with E-state index in [1.165, 1.54) is 12.1 Å². The number of hydrogen-bond donors (Lipinski definition) is 1. The van der Waals surface area contributed by atoms with Crippen LogP contribution in [0.15, 0.2) is 29.2 Å². The van der Waals surface area contributed by atoms with E-state index in [-0.39, 0.29) is 16.8 Å². The molecule has 1 heterocycles. The molecular weight excluding hydrogens is 336 g/mol. The average molecular weight is 359 g/mol. The van der Waals surface area contributed by atoms with Crippen LogP contribution in [0.4, 0.5) is 0 Å². The number of amides is 1. The van der Waals surface area contributed by atoms with Crippen molar-refractivity contribution in [3.05, 3.63) is 29.3 Å². The van der Waals surface area contributed by atoms with Crippen molar-refractivity contribution in [2.75, 3.05) is 13.1 Å². The van der Waals surface area contributed by atoms with Gasteiger partial charge in [-0.05, 0) is 43.0 Å². The van der Waals surface area contributed by atoms with Crippen molar-refractivity contribution in [2.45, 2.75) is 44.0 Å². The highest BCUT2D eigenvalue weighted by molar-refractivity contribution is 7.89. The van der Waals surface area contributed by atoms with E-state index in [1.54, 1.807) is 12.1 Å². The van der Waals surface area contributed by atoms with Crippen molar-refractivity contribution in [2.24, 2.45) is 5.92 Å². The van der Waals surface area contributed by atoms with Crippen LogP contribution in [0.25, 0.3) is 0 Å². The Labute approximate surface area is 143 Å². The van der Waals surface area contributed by atoms with Gasteiger partial charge in [-0.1, -0.05) is 25.4 Å². The van der Waals surface area contributed by atoms with Gasteiger partial charge in [0.1, 0.15) is 0 Å². The number of piperidine rings is 1. The summed E-state index contributed by atoms with van der Waals surface area (Å²) < 4.78 is 27.4. The second kappa shape index (κ2) is 7.64. The number of likely N-dealkylation sites (tertiary alicyclic amines) is 1. The minimum atomic E-state index is -3.55. The van der Waals surface area contributed by atoms with Crippen molar-refractivity contribution in [1.29, 1.82) is 0 Å². The molecule has 2 rings (SSSR count). The Kier molecular flexibility index (Phi) is 6.06. The summed E-state index contributed by atoms with van der Waals surface area (Å²) in [5, 5.41) is 0.501. The summed E-state index contributed by atoms with van der Waals surface area (Å²) >= 11 is 5.78. The quantitative estimate of drug-likeness (QED) is 0.879. The van der Waals surface area contributed by atoms with Crippen LogP contribution in [0.5, 0.6) is 0 Å².